The fourth-order valence-electron chi connectivity index (χ4n) is 3.15. The summed E-state index contributed by atoms with van der Waals surface area (Å²) in [6.07, 6.45) is 4.87. The van der Waals surface area contributed by atoms with Gasteiger partial charge in [0.15, 0.2) is 0 Å². The summed E-state index contributed by atoms with van der Waals surface area (Å²) in [6, 6.07) is 0.209. The van der Waals surface area contributed by atoms with E-state index in [1.165, 1.54) is 0 Å². The minimum Gasteiger partial charge on any atom is -0.480 e. The van der Waals surface area contributed by atoms with Gasteiger partial charge in [-0.1, -0.05) is 6.42 Å². The number of carboxylic acid groups (broad SMARTS) is 1. The Balaban J connectivity index is 2.43. The average molecular weight is 303 g/mol. The minimum atomic E-state index is -0.693. The average Bonchev–Trinajstić information content (AvgIpc) is 2.77. The lowest BCUT2D eigenvalue weighted by molar-refractivity contribution is -0.147. The van der Waals surface area contributed by atoms with Crippen LogP contribution in [0.15, 0.2) is 0 Å². The van der Waals surface area contributed by atoms with Crippen LogP contribution < -0.4 is 5.32 Å². The Morgan fingerprint density at radius 2 is 2.25 bits per heavy atom. The molecule has 2 atom stereocenters. The van der Waals surface area contributed by atoms with Gasteiger partial charge >= 0.3 is 5.97 Å². The lowest BCUT2D eigenvalue weighted by atomic mass is 9.84. The molecule has 1 saturated carbocycles. The van der Waals surface area contributed by atoms with Crippen molar-refractivity contribution in [3.63, 3.8) is 0 Å². The molecule has 1 rings (SSSR count). The van der Waals surface area contributed by atoms with Gasteiger partial charge in [-0.25, -0.2) is 0 Å². The zero-order chi connectivity index (χ0) is 15.0. The number of hydrogen-bond donors (Lipinski definition) is 2. The van der Waals surface area contributed by atoms with Crippen molar-refractivity contribution in [1.29, 1.82) is 0 Å². The zero-order valence-corrected chi connectivity index (χ0v) is 13.8. The molecule has 0 aromatic heterocycles. The molecule has 2 unspecified atom stereocenters. The van der Waals surface area contributed by atoms with Crippen LogP contribution >= 0.6 is 11.8 Å². The molecule has 0 saturated heterocycles. The molecule has 0 radical (unpaired) electrons. The topological polar surface area (TPSA) is 58.6 Å². The molecule has 0 aromatic carbocycles. The van der Waals surface area contributed by atoms with Gasteiger partial charge in [0.2, 0.25) is 0 Å². The van der Waals surface area contributed by atoms with Crippen LogP contribution in [0.4, 0.5) is 0 Å². The third kappa shape index (κ3) is 4.93. The zero-order valence-electron chi connectivity index (χ0n) is 13.0. The van der Waals surface area contributed by atoms with Gasteiger partial charge in [-0.05, 0) is 57.0 Å². The second-order valence-electron chi connectivity index (χ2n) is 5.91. The molecule has 1 fully saturated rings. The van der Waals surface area contributed by atoms with Crippen LogP contribution in [-0.2, 0) is 9.53 Å². The summed E-state index contributed by atoms with van der Waals surface area (Å²) in [5.74, 6) is 1.73. The van der Waals surface area contributed by atoms with Gasteiger partial charge in [0, 0.05) is 19.8 Å². The molecule has 4 nitrogen and oxygen atoms in total. The molecule has 118 valence electrons. The molecule has 0 aliphatic heterocycles. The van der Waals surface area contributed by atoms with Crippen LogP contribution in [0, 0.1) is 5.92 Å². The van der Waals surface area contributed by atoms with Crippen molar-refractivity contribution in [1.82, 2.24) is 5.32 Å². The standard InChI is InChI=1S/C15H29NO3S/c1-12(2)16-15(14(17)18)8-4-6-13(15)7-11-20-10-5-9-19-3/h12-13,16H,4-11H2,1-3H3,(H,17,18). The molecule has 20 heavy (non-hydrogen) atoms. The fourth-order valence-corrected chi connectivity index (χ4v) is 4.13. The lowest BCUT2D eigenvalue weighted by Gasteiger charge is -2.34. The number of nitrogens with one attached hydrogen (secondary N) is 1. The predicted molar refractivity (Wildman–Crippen MR) is 84.4 cm³/mol. The molecule has 1 aliphatic rings. The number of ether oxygens (including phenoxy) is 1. The first-order valence-electron chi connectivity index (χ1n) is 7.60. The van der Waals surface area contributed by atoms with Crippen LogP contribution in [0.5, 0.6) is 0 Å². The highest BCUT2D eigenvalue weighted by Crippen LogP contribution is 2.39. The summed E-state index contributed by atoms with van der Waals surface area (Å²) in [5.41, 5.74) is -0.693. The van der Waals surface area contributed by atoms with Crippen molar-refractivity contribution in [3.8, 4) is 0 Å². The van der Waals surface area contributed by atoms with E-state index < -0.39 is 11.5 Å². The van der Waals surface area contributed by atoms with Crippen LogP contribution in [-0.4, -0.2) is 47.9 Å². The molecular weight excluding hydrogens is 274 g/mol. The van der Waals surface area contributed by atoms with Crippen molar-refractivity contribution >= 4 is 17.7 Å². The smallest absolute Gasteiger partial charge is 0.324 e. The van der Waals surface area contributed by atoms with E-state index in [9.17, 15) is 9.90 Å². The normalized spacial score (nSPS) is 26.3. The van der Waals surface area contributed by atoms with Crippen LogP contribution in [0.2, 0.25) is 0 Å². The van der Waals surface area contributed by atoms with Crippen molar-refractivity contribution in [2.24, 2.45) is 5.92 Å². The van der Waals surface area contributed by atoms with Crippen molar-refractivity contribution in [3.05, 3.63) is 0 Å². The van der Waals surface area contributed by atoms with Crippen LogP contribution in [0.3, 0.4) is 0 Å². The van der Waals surface area contributed by atoms with Gasteiger partial charge in [-0.15, -0.1) is 0 Å². The molecule has 0 heterocycles. The number of rotatable bonds is 10. The first-order chi connectivity index (χ1) is 9.53. The molecule has 2 N–H and O–H groups in total. The number of aliphatic carboxylic acids is 1. The maximum Gasteiger partial charge on any atom is 0.324 e. The monoisotopic (exact) mass is 303 g/mol. The Morgan fingerprint density at radius 1 is 1.50 bits per heavy atom. The summed E-state index contributed by atoms with van der Waals surface area (Å²) in [5, 5.41) is 13.0. The van der Waals surface area contributed by atoms with E-state index in [0.29, 0.717) is 0 Å². The first-order valence-corrected chi connectivity index (χ1v) is 8.76. The van der Waals surface area contributed by atoms with E-state index in [0.717, 1.165) is 50.2 Å². The minimum absolute atomic E-state index is 0.209. The highest BCUT2D eigenvalue weighted by molar-refractivity contribution is 7.99. The molecule has 0 amide bonds. The Kier molecular flexibility index (Phi) is 7.92. The number of carbonyl (C=O) groups is 1. The molecule has 5 heteroatoms. The van der Waals surface area contributed by atoms with Gasteiger partial charge in [0.05, 0.1) is 0 Å². The fraction of sp³-hybridized carbons (Fsp3) is 0.933. The molecule has 0 bridgehead atoms. The molecular formula is C15H29NO3S. The third-order valence-corrected chi connectivity index (χ3v) is 5.10. The maximum atomic E-state index is 11.8. The maximum absolute atomic E-state index is 11.8. The summed E-state index contributed by atoms with van der Waals surface area (Å²) >= 11 is 1.91. The Hall–Kier alpha value is -0.260. The quantitative estimate of drug-likeness (QED) is 0.608. The first kappa shape index (κ1) is 17.8. The van der Waals surface area contributed by atoms with E-state index in [2.05, 4.69) is 5.32 Å². The van der Waals surface area contributed by atoms with E-state index >= 15 is 0 Å². The second kappa shape index (κ2) is 8.90. The van der Waals surface area contributed by atoms with Gasteiger partial charge < -0.3 is 9.84 Å². The lowest BCUT2D eigenvalue weighted by Crippen LogP contribution is -2.57. The molecule has 1 aliphatic carbocycles. The van der Waals surface area contributed by atoms with Crippen molar-refractivity contribution in [2.45, 2.75) is 57.5 Å². The third-order valence-electron chi connectivity index (χ3n) is 4.00. The second-order valence-corrected chi connectivity index (χ2v) is 7.14. The van der Waals surface area contributed by atoms with Crippen molar-refractivity contribution < 1.29 is 14.6 Å². The van der Waals surface area contributed by atoms with E-state index in [1.807, 2.05) is 25.6 Å². The Labute approximate surface area is 127 Å². The summed E-state index contributed by atoms with van der Waals surface area (Å²) in [4.78, 5) is 11.8. The number of methoxy groups -OCH3 is 1. The van der Waals surface area contributed by atoms with E-state index in [4.69, 9.17) is 4.74 Å². The SMILES string of the molecule is COCCCSCCC1CCCC1(NC(C)C)C(=O)O. The van der Waals surface area contributed by atoms with E-state index in [1.54, 1.807) is 7.11 Å². The summed E-state index contributed by atoms with van der Waals surface area (Å²) < 4.78 is 5.03. The van der Waals surface area contributed by atoms with Crippen LogP contribution in [0.1, 0.15) is 46.0 Å². The van der Waals surface area contributed by atoms with E-state index in [-0.39, 0.29) is 12.0 Å². The van der Waals surface area contributed by atoms with Gasteiger partial charge in [-0.2, -0.15) is 11.8 Å². The highest BCUT2D eigenvalue weighted by Gasteiger charge is 2.48. The van der Waals surface area contributed by atoms with Gasteiger partial charge in [0.1, 0.15) is 5.54 Å². The highest BCUT2D eigenvalue weighted by atomic mass is 32.2. The molecule has 0 aromatic rings. The molecule has 0 spiro atoms. The summed E-state index contributed by atoms with van der Waals surface area (Å²) in [6.45, 7) is 4.86. The predicted octanol–water partition coefficient (Wildman–Crippen LogP) is 2.77. The number of thioether (sulfide) groups is 1. The largest absolute Gasteiger partial charge is 0.480 e. The van der Waals surface area contributed by atoms with Crippen LogP contribution in [0.25, 0.3) is 0 Å². The number of hydrogen-bond acceptors (Lipinski definition) is 4. The Morgan fingerprint density at radius 3 is 2.85 bits per heavy atom. The summed E-state index contributed by atoms with van der Waals surface area (Å²) in [7, 11) is 1.72. The Bertz CT molecular complexity index is 299. The van der Waals surface area contributed by atoms with Gasteiger partial charge in [-0.3, -0.25) is 10.1 Å². The number of carboxylic acids is 1. The van der Waals surface area contributed by atoms with Gasteiger partial charge in [0.25, 0.3) is 0 Å². The van der Waals surface area contributed by atoms with Crippen molar-refractivity contribution in [2.75, 3.05) is 25.2 Å².